The predicted molar refractivity (Wildman–Crippen MR) is 95.4 cm³/mol. The average molecular weight is 340 g/mol. The van der Waals surface area contributed by atoms with Gasteiger partial charge in [-0.05, 0) is 30.7 Å². The maximum Gasteiger partial charge on any atom is 0.264 e. The number of rotatable bonds is 3. The summed E-state index contributed by atoms with van der Waals surface area (Å²) in [5, 5.41) is 4.34. The number of benzene rings is 1. The van der Waals surface area contributed by atoms with Gasteiger partial charge >= 0.3 is 0 Å². The van der Waals surface area contributed by atoms with Crippen LogP contribution in [0.2, 0.25) is 0 Å². The third kappa shape index (κ3) is 2.46. The Bertz CT molecular complexity index is 937. The molecule has 3 aromatic rings. The Morgan fingerprint density at radius 1 is 1.33 bits per heavy atom. The smallest absolute Gasteiger partial charge is 0.264 e. The Morgan fingerprint density at radius 2 is 2.21 bits per heavy atom. The number of nitrogens with zero attached hydrogens (tertiary/aromatic N) is 3. The van der Waals surface area contributed by atoms with Crippen LogP contribution in [0.25, 0.3) is 10.2 Å². The van der Waals surface area contributed by atoms with E-state index in [1.165, 1.54) is 4.88 Å². The highest BCUT2D eigenvalue weighted by molar-refractivity contribution is 7.18. The minimum absolute atomic E-state index is 0.0606. The Labute approximate surface area is 143 Å². The van der Waals surface area contributed by atoms with E-state index in [0.717, 1.165) is 33.8 Å². The zero-order valence-electron chi connectivity index (χ0n) is 13.4. The van der Waals surface area contributed by atoms with Gasteiger partial charge in [-0.3, -0.25) is 4.79 Å². The van der Waals surface area contributed by atoms with E-state index in [9.17, 15) is 4.79 Å². The van der Waals surface area contributed by atoms with Crippen LogP contribution in [0.15, 0.2) is 30.6 Å². The van der Waals surface area contributed by atoms with Crippen molar-refractivity contribution in [2.24, 2.45) is 0 Å². The van der Waals surface area contributed by atoms with Gasteiger partial charge in [0.25, 0.3) is 5.91 Å². The lowest BCUT2D eigenvalue weighted by molar-refractivity contribution is -0.120. The zero-order valence-corrected chi connectivity index (χ0v) is 14.2. The van der Waals surface area contributed by atoms with E-state index in [1.54, 1.807) is 29.6 Å². The second-order valence-electron chi connectivity index (χ2n) is 5.56. The lowest BCUT2D eigenvalue weighted by Crippen LogP contribution is -2.35. The van der Waals surface area contributed by atoms with E-state index < -0.39 is 0 Å². The topological polar surface area (TPSA) is 67.4 Å². The number of carbonyl (C=O) groups excluding carboxylic acids is 1. The number of aromatic nitrogens is 2. The number of hydrogen-bond acceptors (Lipinski definition) is 6. The fourth-order valence-electron chi connectivity index (χ4n) is 2.67. The SMILES string of the molecule is CCc1cc2c(Nc3ccc4c(c3)N(C)C(=O)CO4)ncnc2s1. The number of carbonyl (C=O) groups is 1. The summed E-state index contributed by atoms with van der Waals surface area (Å²) in [6.45, 7) is 2.21. The molecule has 0 atom stereocenters. The number of nitrogens with one attached hydrogen (secondary N) is 1. The second kappa shape index (κ2) is 5.76. The Kier molecular flexibility index (Phi) is 3.57. The summed E-state index contributed by atoms with van der Waals surface area (Å²) in [5.74, 6) is 1.41. The van der Waals surface area contributed by atoms with Gasteiger partial charge in [0, 0.05) is 17.6 Å². The maximum absolute atomic E-state index is 11.8. The summed E-state index contributed by atoms with van der Waals surface area (Å²) in [6, 6.07) is 7.81. The molecule has 1 amide bonds. The Hall–Kier alpha value is -2.67. The van der Waals surface area contributed by atoms with Crippen molar-refractivity contribution in [3.05, 3.63) is 35.5 Å². The molecule has 1 aliphatic rings. The molecule has 0 saturated heterocycles. The number of anilines is 3. The molecule has 0 spiro atoms. The molecule has 0 aliphatic carbocycles. The molecule has 4 rings (SSSR count). The molecule has 122 valence electrons. The monoisotopic (exact) mass is 340 g/mol. The van der Waals surface area contributed by atoms with Crippen molar-refractivity contribution in [2.45, 2.75) is 13.3 Å². The minimum Gasteiger partial charge on any atom is -0.482 e. The van der Waals surface area contributed by atoms with E-state index in [4.69, 9.17) is 4.74 Å². The van der Waals surface area contributed by atoms with Crippen molar-refractivity contribution >= 4 is 44.7 Å². The first-order valence-corrected chi connectivity index (χ1v) is 8.51. The van der Waals surface area contributed by atoms with Gasteiger partial charge in [-0.1, -0.05) is 6.92 Å². The normalized spacial score (nSPS) is 13.8. The largest absolute Gasteiger partial charge is 0.482 e. The summed E-state index contributed by atoms with van der Waals surface area (Å²) in [7, 11) is 1.75. The maximum atomic E-state index is 11.8. The van der Waals surface area contributed by atoms with Crippen molar-refractivity contribution in [3.63, 3.8) is 0 Å². The van der Waals surface area contributed by atoms with Gasteiger partial charge in [0.2, 0.25) is 0 Å². The molecule has 6 nitrogen and oxygen atoms in total. The van der Waals surface area contributed by atoms with E-state index in [-0.39, 0.29) is 12.5 Å². The fraction of sp³-hybridized carbons (Fsp3) is 0.235. The molecule has 1 aliphatic heterocycles. The van der Waals surface area contributed by atoms with Crippen LogP contribution in [0.1, 0.15) is 11.8 Å². The van der Waals surface area contributed by atoms with Crippen LogP contribution in [0, 0.1) is 0 Å². The van der Waals surface area contributed by atoms with Crippen molar-refractivity contribution in [1.82, 2.24) is 9.97 Å². The summed E-state index contributed by atoms with van der Waals surface area (Å²) < 4.78 is 5.46. The summed E-state index contributed by atoms with van der Waals surface area (Å²) in [6.07, 6.45) is 2.54. The van der Waals surface area contributed by atoms with Gasteiger partial charge in [-0.15, -0.1) is 11.3 Å². The van der Waals surface area contributed by atoms with Crippen LogP contribution in [0.5, 0.6) is 5.75 Å². The zero-order chi connectivity index (χ0) is 16.7. The lowest BCUT2D eigenvalue weighted by Gasteiger charge is -2.26. The van der Waals surface area contributed by atoms with Gasteiger partial charge in [0.05, 0.1) is 11.1 Å². The lowest BCUT2D eigenvalue weighted by atomic mass is 10.2. The number of amides is 1. The molecule has 7 heteroatoms. The van der Waals surface area contributed by atoms with Crippen LogP contribution >= 0.6 is 11.3 Å². The van der Waals surface area contributed by atoms with E-state index in [1.807, 2.05) is 18.2 Å². The molecular formula is C17H16N4O2S. The molecule has 1 aromatic carbocycles. The first-order chi connectivity index (χ1) is 11.7. The summed E-state index contributed by atoms with van der Waals surface area (Å²) in [5.41, 5.74) is 1.60. The van der Waals surface area contributed by atoms with Gasteiger partial charge in [-0.2, -0.15) is 0 Å². The van der Waals surface area contributed by atoms with Crippen LogP contribution in [-0.2, 0) is 11.2 Å². The molecule has 3 heterocycles. The molecule has 0 saturated carbocycles. The Balaban J connectivity index is 1.71. The number of hydrogen-bond donors (Lipinski definition) is 1. The molecule has 0 radical (unpaired) electrons. The second-order valence-corrected chi connectivity index (χ2v) is 6.67. The van der Waals surface area contributed by atoms with Crippen molar-refractivity contribution in [2.75, 3.05) is 23.9 Å². The molecular weight excluding hydrogens is 324 g/mol. The Morgan fingerprint density at radius 3 is 3.04 bits per heavy atom. The van der Waals surface area contributed by atoms with Crippen LogP contribution in [-0.4, -0.2) is 29.5 Å². The highest BCUT2D eigenvalue weighted by atomic mass is 32.1. The minimum atomic E-state index is -0.0606. The highest BCUT2D eigenvalue weighted by Gasteiger charge is 2.22. The van der Waals surface area contributed by atoms with E-state index in [0.29, 0.717) is 5.75 Å². The quantitative estimate of drug-likeness (QED) is 0.792. The molecule has 0 unspecified atom stereocenters. The molecule has 24 heavy (non-hydrogen) atoms. The van der Waals surface area contributed by atoms with Gasteiger partial charge in [0.15, 0.2) is 6.61 Å². The first-order valence-electron chi connectivity index (χ1n) is 7.69. The molecule has 0 bridgehead atoms. The third-order valence-corrected chi connectivity index (χ3v) is 5.22. The van der Waals surface area contributed by atoms with Crippen molar-refractivity contribution in [3.8, 4) is 5.75 Å². The van der Waals surface area contributed by atoms with Gasteiger partial charge in [-0.25, -0.2) is 9.97 Å². The number of thiophene rings is 1. The van der Waals surface area contributed by atoms with E-state index in [2.05, 4.69) is 28.3 Å². The molecule has 1 N–H and O–H groups in total. The van der Waals surface area contributed by atoms with Crippen molar-refractivity contribution in [1.29, 1.82) is 0 Å². The van der Waals surface area contributed by atoms with Gasteiger partial charge < -0.3 is 15.0 Å². The number of fused-ring (bicyclic) bond motifs is 2. The summed E-state index contributed by atoms with van der Waals surface area (Å²) in [4.78, 5) is 24.4. The summed E-state index contributed by atoms with van der Waals surface area (Å²) >= 11 is 1.68. The number of ether oxygens (including phenoxy) is 1. The standard InChI is InChI=1S/C17H16N4O2S/c1-3-11-7-12-16(18-9-19-17(12)24-11)20-10-4-5-14-13(6-10)21(2)15(22)8-23-14/h4-7,9H,3,8H2,1-2H3,(H,18,19,20). The van der Waals surface area contributed by atoms with Crippen LogP contribution < -0.4 is 15.0 Å². The molecule has 2 aromatic heterocycles. The van der Waals surface area contributed by atoms with Gasteiger partial charge in [0.1, 0.15) is 22.7 Å². The predicted octanol–water partition coefficient (Wildman–Crippen LogP) is 3.35. The molecule has 0 fully saturated rings. The van der Waals surface area contributed by atoms with E-state index >= 15 is 0 Å². The van der Waals surface area contributed by atoms with Crippen molar-refractivity contribution < 1.29 is 9.53 Å². The van der Waals surface area contributed by atoms with Crippen LogP contribution in [0.3, 0.4) is 0 Å². The first kappa shape index (κ1) is 14.9. The average Bonchev–Trinajstić information content (AvgIpc) is 3.03. The number of likely N-dealkylation sites (N-methyl/N-ethyl adjacent to an activating group) is 1. The highest BCUT2D eigenvalue weighted by Crippen LogP contribution is 2.36. The van der Waals surface area contributed by atoms with Crippen LogP contribution in [0.4, 0.5) is 17.2 Å². The fourth-order valence-corrected chi connectivity index (χ4v) is 3.60. The third-order valence-electron chi connectivity index (χ3n) is 4.04. The number of aryl methyl sites for hydroxylation is 1.